The third-order valence-corrected chi connectivity index (χ3v) is 5.59. The highest BCUT2D eigenvalue weighted by Crippen LogP contribution is 2.37. The molecular formula is C25H22N6O4. The molecule has 0 saturated heterocycles. The molecule has 0 radical (unpaired) electrons. The first-order valence-electron chi connectivity index (χ1n) is 11.1. The van der Waals surface area contributed by atoms with E-state index >= 15 is 0 Å². The number of rotatable bonds is 7. The summed E-state index contributed by atoms with van der Waals surface area (Å²) in [5.74, 6) is 0.865. The standard InChI is InChI=1S/C25H22N6O4/c26-12-20-18(17-4-5-22-23(11-17)35-9-8-34-22)2-1-3-21(20)29-25(33)19-10-16(13-27-6-7-32)14-31-15-28-30-24(19)31/h1-5,10-11,14-15,27,32H,6-9,13H2,(H,29,33). The van der Waals surface area contributed by atoms with Crippen LogP contribution >= 0.6 is 0 Å². The van der Waals surface area contributed by atoms with Crippen LogP contribution in [0.25, 0.3) is 16.8 Å². The quantitative estimate of drug-likeness (QED) is 0.351. The average Bonchev–Trinajstić information content (AvgIpc) is 3.36. The second-order valence-corrected chi connectivity index (χ2v) is 7.88. The van der Waals surface area contributed by atoms with Crippen LogP contribution in [0.3, 0.4) is 0 Å². The first-order valence-corrected chi connectivity index (χ1v) is 11.1. The monoisotopic (exact) mass is 470 g/mol. The number of amides is 1. The zero-order chi connectivity index (χ0) is 24.2. The number of aliphatic hydroxyl groups excluding tert-OH is 1. The van der Waals surface area contributed by atoms with Gasteiger partial charge in [0.2, 0.25) is 0 Å². The summed E-state index contributed by atoms with van der Waals surface area (Å²) in [6, 6.07) is 14.7. The van der Waals surface area contributed by atoms with Crippen molar-refractivity contribution in [2.24, 2.45) is 0 Å². The minimum Gasteiger partial charge on any atom is -0.486 e. The molecule has 1 amide bonds. The molecule has 10 nitrogen and oxygen atoms in total. The predicted molar refractivity (Wildman–Crippen MR) is 127 cm³/mol. The van der Waals surface area contributed by atoms with Crippen molar-refractivity contribution in [3.63, 3.8) is 0 Å². The number of anilines is 1. The average molecular weight is 470 g/mol. The molecule has 35 heavy (non-hydrogen) atoms. The Balaban J connectivity index is 1.47. The number of ether oxygens (including phenoxy) is 2. The van der Waals surface area contributed by atoms with Crippen molar-refractivity contribution in [2.75, 3.05) is 31.7 Å². The molecule has 5 rings (SSSR count). The highest BCUT2D eigenvalue weighted by molar-refractivity contribution is 6.09. The van der Waals surface area contributed by atoms with Crippen molar-refractivity contribution < 1.29 is 19.4 Å². The lowest BCUT2D eigenvalue weighted by molar-refractivity contribution is 0.102. The van der Waals surface area contributed by atoms with E-state index in [1.54, 1.807) is 22.6 Å². The Kier molecular flexibility index (Phi) is 6.26. The highest BCUT2D eigenvalue weighted by atomic mass is 16.6. The molecule has 2 aromatic heterocycles. The predicted octanol–water partition coefficient (Wildman–Crippen LogP) is 2.37. The number of hydrogen-bond donors (Lipinski definition) is 3. The van der Waals surface area contributed by atoms with Crippen LogP contribution in [0.15, 0.2) is 55.0 Å². The fraction of sp³-hybridized carbons (Fsp3) is 0.200. The van der Waals surface area contributed by atoms with E-state index in [1.807, 2.05) is 30.5 Å². The number of carbonyl (C=O) groups is 1. The van der Waals surface area contributed by atoms with Crippen molar-refractivity contribution in [3.05, 3.63) is 71.7 Å². The summed E-state index contributed by atoms with van der Waals surface area (Å²) in [6.07, 6.45) is 3.34. The van der Waals surface area contributed by atoms with Crippen LogP contribution in [0.5, 0.6) is 11.5 Å². The van der Waals surface area contributed by atoms with Gasteiger partial charge in [0.1, 0.15) is 25.6 Å². The van der Waals surface area contributed by atoms with E-state index in [0.717, 1.165) is 11.1 Å². The van der Waals surface area contributed by atoms with Gasteiger partial charge in [0, 0.05) is 24.8 Å². The van der Waals surface area contributed by atoms with Crippen LogP contribution in [-0.4, -0.2) is 52.0 Å². The Bertz CT molecular complexity index is 1440. The number of pyridine rings is 1. The molecule has 0 unspecified atom stereocenters. The van der Waals surface area contributed by atoms with Crippen LogP contribution in [0.4, 0.5) is 5.69 Å². The van der Waals surface area contributed by atoms with E-state index in [4.69, 9.17) is 14.6 Å². The van der Waals surface area contributed by atoms with Crippen LogP contribution in [0.2, 0.25) is 0 Å². The third kappa shape index (κ3) is 4.50. The number of hydrogen-bond acceptors (Lipinski definition) is 8. The third-order valence-electron chi connectivity index (χ3n) is 5.59. The molecule has 1 aliphatic heterocycles. The van der Waals surface area contributed by atoms with Gasteiger partial charge in [-0.25, -0.2) is 0 Å². The Morgan fingerprint density at radius 2 is 2.03 bits per heavy atom. The van der Waals surface area contributed by atoms with Crippen molar-refractivity contribution in [2.45, 2.75) is 6.54 Å². The van der Waals surface area contributed by atoms with Crippen molar-refractivity contribution >= 4 is 17.2 Å². The van der Waals surface area contributed by atoms with E-state index in [-0.39, 0.29) is 6.61 Å². The first-order chi connectivity index (χ1) is 17.2. The fourth-order valence-electron chi connectivity index (χ4n) is 3.99. The highest BCUT2D eigenvalue weighted by Gasteiger charge is 2.19. The minimum atomic E-state index is -0.414. The maximum Gasteiger partial charge on any atom is 0.259 e. The van der Waals surface area contributed by atoms with Gasteiger partial charge in [-0.3, -0.25) is 9.20 Å². The van der Waals surface area contributed by atoms with Gasteiger partial charge >= 0.3 is 0 Å². The van der Waals surface area contributed by atoms with E-state index in [2.05, 4.69) is 26.9 Å². The van der Waals surface area contributed by atoms with Gasteiger partial charge in [0.05, 0.1) is 23.4 Å². The second-order valence-electron chi connectivity index (χ2n) is 7.88. The topological polar surface area (TPSA) is 134 Å². The van der Waals surface area contributed by atoms with Gasteiger partial charge in [-0.15, -0.1) is 10.2 Å². The number of nitriles is 1. The maximum atomic E-state index is 13.3. The Morgan fingerprint density at radius 3 is 2.86 bits per heavy atom. The van der Waals surface area contributed by atoms with Crippen molar-refractivity contribution in [3.8, 4) is 28.7 Å². The zero-order valence-corrected chi connectivity index (χ0v) is 18.7. The fourth-order valence-corrected chi connectivity index (χ4v) is 3.99. The lowest BCUT2D eigenvalue weighted by Gasteiger charge is -2.19. The van der Waals surface area contributed by atoms with Gasteiger partial charge in [-0.2, -0.15) is 5.26 Å². The molecule has 3 heterocycles. The molecule has 0 atom stereocenters. The smallest absolute Gasteiger partial charge is 0.259 e. The van der Waals surface area contributed by atoms with Crippen molar-refractivity contribution in [1.29, 1.82) is 5.26 Å². The minimum absolute atomic E-state index is 0.0128. The molecule has 0 aliphatic carbocycles. The summed E-state index contributed by atoms with van der Waals surface area (Å²) < 4.78 is 12.9. The molecule has 1 aliphatic rings. The number of nitrogens with one attached hydrogen (secondary N) is 2. The molecule has 0 saturated carbocycles. The van der Waals surface area contributed by atoms with E-state index < -0.39 is 5.91 Å². The van der Waals surface area contributed by atoms with E-state index in [1.165, 1.54) is 6.33 Å². The molecule has 10 heteroatoms. The Morgan fingerprint density at radius 1 is 1.17 bits per heavy atom. The summed E-state index contributed by atoms with van der Waals surface area (Å²) in [4.78, 5) is 13.3. The number of nitrogens with zero attached hydrogens (tertiary/aromatic N) is 4. The lowest BCUT2D eigenvalue weighted by Crippen LogP contribution is -2.19. The normalized spacial score (nSPS) is 12.3. The summed E-state index contributed by atoms with van der Waals surface area (Å²) >= 11 is 0. The molecule has 0 fully saturated rings. The number of aliphatic hydroxyl groups is 1. The van der Waals surface area contributed by atoms with Gasteiger partial charge in [-0.1, -0.05) is 18.2 Å². The SMILES string of the molecule is N#Cc1c(NC(=O)c2cc(CNCCO)cn3cnnc23)cccc1-c1ccc2c(c1)OCCO2. The number of aromatic nitrogens is 3. The molecule has 2 aromatic carbocycles. The Hall–Kier alpha value is -4.46. The van der Waals surface area contributed by atoms with Crippen molar-refractivity contribution in [1.82, 2.24) is 19.9 Å². The van der Waals surface area contributed by atoms with Crippen LogP contribution in [-0.2, 0) is 6.54 Å². The first kappa shape index (κ1) is 22.3. The number of fused-ring (bicyclic) bond motifs is 2. The molecule has 4 aromatic rings. The molecular weight excluding hydrogens is 448 g/mol. The van der Waals surface area contributed by atoms with Crippen LogP contribution in [0, 0.1) is 11.3 Å². The zero-order valence-electron chi connectivity index (χ0n) is 18.7. The molecule has 0 spiro atoms. The summed E-state index contributed by atoms with van der Waals surface area (Å²) in [5, 5.41) is 32.9. The van der Waals surface area contributed by atoms with E-state index in [0.29, 0.717) is 65.8 Å². The largest absolute Gasteiger partial charge is 0.486 e. The van der Waals surface area contributed by atoms with Gasteiger partial charge < -0.3 is 25.2 Å². The lowest BCUT2D eigenvalue weighted by atomic mass is 9.98. The second kappa shape index (κ2) is 9.80. The number of benzene rings is 2. The molecule has 0 bridgehead atoms. The van der Waals surface area contributed by atoms with Gasteiger partial charge in [0.25, 0.3) is 5.91 Å². The summed E-state index contributed by atoms with van der Waals surface area (Å²) in [5.41, 5.74) is 3.69. The van der Waals surface area contributed by atoms with Crippen LogP contribution in [0.1, 0.15) is 21.5 Å². The van der Waals surface area contributed by atoms with Crippen LogP contribution < -0.4 is 20.1 Å². The summed E-state index contributed by atoms with van der Waals surface area (Å²) in [7, 11) is 0. The molecule has 3 N–H and O–H groups in total. The van der Waals surface area contributed by atoms with E-state index in [9.17, 15) is 10.1 Å². The number of carbonyl (C=O) groups excluding carboxylic acids is 1. The summed E-state index contributed by atoms with van der Waals surface area (Å²) in [6.45, 7) is 1.86. The Labute approximate surface area is 200 Å². The maximum absolute atomic E-state index is 13.3. The van der Waals surface area contributed by atoms with Gasteiger partial charge in [0.15, 0.2) is 17.1 Å². The van der Waals surface area contributed by atoms with Gasteiger partial charge in [-0.05, 0) is 35.4 Å². The molecule has 176 valence electrons.